The molecule has 1 aromatic carbocycles. The van der Waals surface area contributed by atoms with Crippen LogP contribution in [0.1, 0.15) is 32.1 Å². The molecule has 3 aliphatic rings. The van der Waals surface area contributed by atoms with Crippen LogP contribution >= 0.6 is 11.3 Å². The molecule has 2 saturated heterocycles. The summed E-state index contributed by atoms with van der Waals surface area (Å²) in [6.45, 7) is 2.75. The Balaban J connectivity index is 1.27. The van der Waals surface area contributed by atoms with Crippen molar-refractivity contribution < 1.29 is 19.1 Å². The molecular weight excluding hydrogens is 430 g/mol. The number of carbonyl (C=O) groups is 3. The quantitative estimate of drug-likeness (QED) is 0.710. The number of amides is 4. The van der Waals surface area contributed by atoms with Crippen LogP contribution in [0.15, 0.2) is 18.2 Å². The Morgan fingerprint density at radius 3 is 2.69 bits per heavy atom. The van der Waals surface area contributed by atoms with E-state index in [9.17, 15) is 14.4 Å². The summed E-state index contributed by atoms with van der Waals surface area (Å²) in [5.41, 5.74) is 0.729. The summed E-state index contributed by atoms with van der Waals surface area (Å²) in [6.07, 6.45) is 4.25. The van der Waals surface area contributed by atoms with Crippen molar-refractivity contribution in [2.45, 2.75) is 37.6 Å². The number of morpholine rings is 1. The number of fused-ring (bicyclic) bond motifs is 1. The Hall–Kier alpha value is -2.72. The summed E-state index contributed by atoms with van der Waals surface area (Å²) < 4.78 is 6.37. The lowest BCUT2D eigenvalue weighted by molar-refractivity contribution is -0.136. The molecule has 1 aromatic heterocycles. The summed E-state index contributed by atoms with van der Waals surface area (Å²) in [6, 6.07) is 5.17. The molecular formula is C22H27N5O4S. The van der Waals surface area contributed by atoms with E-state index >= 15 is 0 Å². The van der Waals surface area contributed by atoms with Gasteiger partial charge in [0.2, 0.25) is 5.91 Å². The molecule has 5 rings (SSSR count). The first-order chi connectivity index (χ1) is 15.5. The molecule has 10 heteroatoms. The minimum absolute atomic E-state index is 0.243. The molecule has 1 saturated carbocycles. The van der Waals surface area contributed by atoms with Crippen LogP contribution in [0, 0.1) is 0 Å². The third-order valence-corrected chi connectivity index (χ3v) is 7.81. The number of nitrogens with zero attached hydrogens (tertiary/aromatic N) is 4. The van der Waals surface area contributed by atoms with Crippen LogP contribution in [0.5, 0.6) is 0 Å². The smallest absolute Gasteiger partial charge is 0.327 e. The molecule has 9 nitrogen and oxygen atoms in total. The molecule has 4 amide bonds. The van der Waals surface area contributed by atoms with Crippen molar-refractivity contribution in [1.82, 2.24) is 14.8 Å². The van der Waals surface area contributed by atoms with E-state index in [1.165, 1.54) is 4.90 Å². The summed E-state index contributed by atoms with van der Waals surface area (Å²) >= 11 is 1.58. The molecule has 1 spiro atoms. The highest BCUT2D eigenvalue weighted by Gasteiger charge is 2.55. The van der Waals surface area contributed by atoms with E-state index in [-0.39, 0.29) is 24.4 Å². The SMILES string of the molecule is CN1C(=O)N(CC(=O)Nc2ccc3nc(N4CCOCC4)sc3c2)C(=O)C12CCCCC2. The average molecular weight is 458 g/mol. The maximum Gasteiger partial charge on any atom is 0.327 e. The maximum absolute atomic E-state index is 13.1. The zero-order chi connectivity index (χ0) is 22.3. The Morgan fingerprint density at radius 1 is 1.19 bits per heavy atom. The standard InChI is InChI=1S/C22H27N5O4S/c1-25-21(30)27(19(29)22(25)7-3-2-4-8-22)14-18(28)23-15-5-6-16-17(13-15)32-20(24-16)26-9-11-31-12-10-26/h5-6,13H,2-4,7-12,14H2,1H3,(H,23,28). The van der Waals surface area contributed by atoms with Crippen molar-refractivity contribution in [2.75, 3.05) is 50.1 Å². The third kappa shape index (κ3) is 3.61. The number of rotatable bonds is 4. The fraction of sp³-hybridized carbons (Fsp3) is 0.545. The number of likely N-dealkylation sites (N-methyl/N-ethyl adjacent to an activating group) is 1. The molecule has 32 heavy (non-hydrogen) atoms. The van der Waals surface area contributed by atoms with E-state index in [1.54, 1.807) is 24.5 Å². The van der Waals surface area contributed by atoms with Crippen LogP contribution in [0.25, 0.3) is 10.2 Å². The normalized spacial score (nSPS) is 21.1. The van der Waals surface area contributed by atoms with E-state index in [4.69, 9.17) is 4.74 Å². The highest BCUT2D eigenvalue weighted by atomic mass is 32.1. The van der Waals surface area contributed by atoms with Gasteiger partial charge in [0.1, 0.15) is 12.1 Å². The van der Waals surface area contributed by atoms with Crippen molar-refractivity contribution in [3.8, 4) is 0 Å². The number of urea groups is 1. The first-order valence-corrected chi connectivity index (χ1v) is 11.9. The summed E-state index contributed by atoms with van der Waals surface area (Å²) in [5, 5.41) is 3.78. The number of nitrogens with one attached hydrogen (secondary N) is 1. The number of thiazole rings is 1. The number of ether oxygens (including phenoxy) is 1. The Labute approximate surface area is 190 Å². The van der Waals surface area contributed by atoms with Gasteiger partial charge in [-0.15, -0.1) is 0 Å². The highest BCUT2D eigenvalue weighted by molar-refractivity contribution is 7.22. The van der Waals surface area contributed by atoms with E-state index in [0.717, 1.165) is 52.6 Å². The molecule has 0 atom stereocenters. The van der Waals surface area contributed by atoms with Gasteiger partial charge in [0.25, 0.3) is 5.91 Å². The third-order valence-electron chi connectivity index (χ3n) is 6.73. The van der Waals surface area contributed by atoms with Gasteiger partial charge < -0.3 is 19.9 Å². The topological polar surface area (TPSA) is 95.1 Å². The zero-order valence-electron chi connectivity index (χ0n) is 18.1. The van der Waals surface area contributed by atoms with Crippen molar-refractivity contribution in [3.05, 3.63) is 18.2 Å². The van der Waals surface area contributed by atoms with Gasteiger partial charge in [0.15, 0.2) is 5.13 Å². The predicted molar refractivity (Wildman–Crippen MR) is 122 cm³/mol. The number of hydrogen-bond donors (Lipinski definition) is 1. The lowest BCUT2D eigenvalue weighted by Crippen LogP contribution is -2.49. The largest absolute Gasteiger partial charge is 0.378 e. The lowest BCUT2D eigenvalue weighted by atomic mass is 9.81. The van der Waals surface area contributed by atoms with Gasteiger partial charge in [-0.3, -0.25) is 14.5 Å². The van der Waals surface area contributed by atoms with Crippen LogP contribution in [-0.4, -0.2) is 78.1 Å². The van der Waals surface area contributed by atoms with Crippen molar-refractivity contribution in [3.63, 3.8) is 0 Å². The molecule has 3 fully saturated rings. The summed E-state index contributed by atoms with van der Waals surface area (Å²) in [5.74, 6) is -0.627. The molecule has 170 valence electrons. The van der Waals surface area contributed by atoms with Crippen molar-refractivity contribution >= 4 is 50.2 Å². The van der Waals surface area contributed by atoms with Crippen LogP contribution in [0.2, 0.25) is 0 Å². The fourth-order valence-electron chi connectivity index (χ4n) is 4.90. The minimum Gasteiger partial charge on any atom is -0.378 e. The van der Waals surface area contributed by atoms with Gasteiger partial charge >= 0.3 is 6.03 Å². The number of aromatic nitrogens is 1. The Bertz CT molecular complexity index is 1060. The summed E-state index contributed by atoms with van der Waals surface area (Å²) in [4.78, 5) is 48.1. The number of benzene rings is 1. The van der Waals surface area contributed by atoms with Crippen LogP contribution in [-0.2, 0) is 14.3 Å². The predicted octanol–water partition coefficient (Wildman–Crippen LogP) is 2.67. The molecule has 2 aliphatic heterocycles. The van der Waals surface area contributed by atoms with Gasteiger partial charge in [-0.05, 0) is 31.0 Å². The first kappa shape index (κ1) is 21.1. The van der Waals surface area contributed by atoms with Crippen molar-refractivity contribution in [1.29, 1.82) is 0 Å². The van der Waals surface area contributed by atoms with E-state index in [2.05, 4.69) is 15.2 Å². The molecule has 3 heterocycles. The van der Waals surface area contributed by atoms with Crippen LogP contribution < -0.4 is 10.2 Å². The van der Waals surface area contributed by atoms with E-state index in [1.807, 2.05) is 12.1 Å². The number of imide groups is 1. The Morgan fingerprint density at radius 2 is 1.94 bits per heavy atom. The molecule has 0 unspecified atom stereocenters. The van der Waals surface area contributed by atoms with E-state index < -0.39 is 5.54 Å². The van der Waals surface area contributed by atoms with Gasteiger partial charge in [0, 0.05) is 25.8 Å². The van der Waals surface area contributed by atoms with E-state index in [0.29, 0.717) is 31.7 Å². The van der Waals surface area contributed by atoms with Crippen molar-refractivity contribution in [2.24, 2.45) is 0 Å². The van der Waals surface area contributed by atoms with Gasteiger partial charge in [-0.2, -0.15) is 0 Å². The second-order valence-electron chi connectivity index (χ2n) is 8.65. The maximum atomic E-state index is 13.1. The Kier molecular flexibility index (Phi) is 5.50. The lowest BCUT2D eigenvalue weighted by Gasteiger charge is -2.35. The van der Waals surface area contributed by atoms with Gasteiger partial charge in [-0.25, -0.2) is 9.78 Å². The summed E-state index contributed by atoms with van der Waals surface area (Å²) in [7, 11) is 1.67. The number of anilines is 2. The second kappa shape index (κ2) is 8.32. The average Bonchev–Trinajstić information content (AvgIpc) is 3.31. The number of carbonyl (C=O) groups excluding carboxylic acids is 3. The second-order valence-corrected chi connectivity index (χ2v) is 9.66. The molecule has 2 aromatic rings. The molecule has 0 bridgehead atoms. The van der Waals surface area contributed by atoms with Crippen LogP contribution in [0.4, 0.5) is 15.6 Å². The zero-order valence-corrected chi connectivity index (χ0v) is 18.9. The molecule has 0 radical (unpaired) electrons. The fourth-order valence-corrected chi connectivity index (χ4v) is 5.95. The molecule has 1 N–H and O–H groups in total. The molecule has 1 aliphatic carbocycles. The van der Waals surface area contributed by atoms with Gasteiger partial charge in [-0.1, -0.05) is 30.6 Å². The number of hydrogen-bond acceptors (Lipinski definition) is 7. The van der Waals surface area contributed by atoms with Gasteiger partial charge in [0.05, 0.1) is 23.4 Å². The monoisotopic (exact) mass is 457 g/mol. The highest BCUT2D eigenvalue weighted by Crippen LogP contribution is 2.39. The first-order valence-electron chi connectivity index (χ1n) is 11.1. The van der Waals surface area contributed by atoms with Crippen LogP contribution in [0.3, 0.4) is 0 Å². The minimum atomic E-state index is -0.771.